The third kappa shape index (κ3) is 4.01. The molecule has 0 aliphatic heterocycles. The van der Waals surface area contributed by atoms with Crippen molar-refractivity contribution in [1.82, 2.24) is 35.5 Å². The van der Waals surface area contributed by atoms with Crippen molar-refractivity contribution >= 4 is 5.91 Å². The highest BCUT2D eigenvalue weighted by Gasteiger charge is 2.28. The molecule has 2 heterocycles. The van der Waals surface area contributed by atoms with E-state index in [0.717, 1.165) is 49.9 Å². The van der Waals surface area contributed by atoms with Crippen molar-refractivity contribution in [2.75, 3.05) is 0 Å². The van der Waals surface area contributed by atoms with Crippen molar-refractivity contribution in [2.24, 2.45) is 0 Å². The van der Waals surface area contributed by atoms with Crippen LogP contribution in [0.5, 0.6) is 0 Å². The molecule has 2 aliphatic rings. The maximum absolute atomic E-state index is 12.5. The van der Waals surface area contributed by atoms with Gasteiger partial charge in [-0.25, -0.2) is 9.97 Å². The van der Waals surface area contributed by atoms with Crippen molar-refractivity contribution in [2.45, 2.75) is 56.5 Å². The molecule has 0 unspecified atom stereocenters. The summed E-state index contributed by atoms with van der Waals surface area (Å²) in [6.07, 6.45) is 9.20. The summed E-state index contributed by atoms with van der Waals surface area (Å²) in [7, 11) is 0. The lowest BCUT2D eigenvalue weighted by Crippen LogP contribution is -2.38. The summed E-state index contributed by atoms with van der Waals surface area (Å²) in [4.78, 5) is 22.9. The van der Waals surface area contributed by atoms with Crippen molar-refractivity contribution in [3.63, 3.8) is 0 Å². The Balaban J connectivity index is 1.15. The minimum absolute atomic E-state index is 0.0963. The maximum atomic E-state index is 12.5. The van der Waals surface area contributed by atoms with Crippen LogP contribution in [0.3, 0.4) is 0 Å². The Bertz CT molecular complexity index is 974. The first kappa shape index (κ1) is 17.9. The summed E-state index contributed by atoms with van der Waals surface area (Å²) in [6.45, 7) is 0. The molecular weight excluding hydrogens is 366 g/mol. The Morgan fingerprint density at radius 3 is 2.38 bits per heavy atom. The van der Waals surface area contributed by atoms with E-state index in [0.29, 0.717) is 17.3 Å². The topological polar surface area (TPSA) is 98.5 Å². The van der Waals surface area contributed by atoms with Gasteiger partial charge in [0.05, 0.1) is 11.6 Å². The first-order valence-corrected chi connectivity index (χ1v) is 10.2. The molecule has 0 atom stereocenters. The molecule has 1 aromatic carbocycles. The number of tetrazole rings is 1. The van der Waals surface area contributed by atoms with Crippen LogP contribution in [0.2, 0.25) is 0 Å². The summed E-state index contributed by atoms with van der Waals surface area (Å²) >= 11 is 0. The van der Waals surface area contributed by atoms with E-state index >= 15 is 0 Å². The Morgan fingerprint density at radius 2 is 1.69 bits per heavy atom. The molecule has 3 aromatic rings. The van der Waals surface area contributed by atoms with Gasteiger partial charge in [-0.05, 0) is 43.7 Å². The fourth-order valence-corrected chi connectivity index (χ4v) is 3.81. The Hall–Kier alpha value is -3.16. The van der Waals surface area contributed by atoms with E-state index in [1.54, 1.807) is 17.2 Å². The summed E-state index contributed by atoms with van der Waals surface area (Å²) in [6, 6.07) is 10.2. The molecule has 2 saturated carbocycles. The molecule has 8 heteroatoms. The van der Waals surface area contributed by atoms with Crippen LogP contribution in [-0.2, 0) is 0 Å². The minimum Gasteiger partial charge on any atom is -0.349 e. The van der Waals surface area contributed by atoms with E-state index in [9.17, 15) is 4.79 Å². The lowest BCUT2D eigenvalue weighted by molar-refractivity contribution is 0.0919. The number of carbonyl (C=O) groups excluding carboxylic acids is 1. The van der Waals surface area contributed by atoms with E-state index in [2.05, 4.69) is 30.7 Å². The zero-order valence-electron chi connectivity index (χ0n) is 16.1. The predicted octanol–water partition coefficient (Wildman–Crippen LogP) is 2.92. The second-order valence-electron chi connectivity index (χ2n) is 7.88. The summed E-state index contributed by atoms with van der Waals surface area (Å²) in [5.41, 5.74) is 1.50. The third-order valence-electron chi connectivity index (χ3n) is 5.70. The molecule has 8 nitrogen and oxygen atoms in total. The molecular formula is C21H23N7O. The fraction of sp³-hybridized carbons (Fsp3) is 0.429. The average molecular weight is 389 g/mol. The highest BCUT2D eigenvalue weighted by atomic mass is 16.1. The lowest BCUT2D eigenvalue weighted by Gasteiger charge is -2.28. The standard InChI is InChI=1S/C21H23N7O/c29-21(16-12-22-19(23-13-16)15-6-7-15)24-17-8-10-18(11-9-17)28-26-20(25-27-28)14-4-2-1-3-5-14/h1-5,12-13,15,17-18H,6-11H2,(H,24,29). The van der Waals surface area contributed by atoms with E-state index in [4.69, 9.17) is 0 Å². The fourth-order valence-electron chi connectivity index (χ4n) is 3.81. The van der Waals surface area contributed by atoms with Crippen molar-refractivity contribution in [1.29, 1.82) is 0 Å². The molecule has 1 N–H and O–H groups in total. The largest absolute Gasteiger partial charge is 0.349 e. The van der Waals surface area contributed by atoms with Crippen LogP contribution in [0.4, 0.5) is 0 Å². The SMILES string of the molecule is O=C(NC1CCC(n2nnc(-c3ccccc3)n2)CC1)c1cnc(C2CC2)nc1. The number of benzene rings is 1. The molecule has 0 bridgehead atoms. The number of amides is 1. The minimum atomic E-state index is -0.0963. The zero-order chi connectivity index (χ0) is 19.6. The second kappa shape index (κ2) is 7.69. The van der Waals surface area contributed by atoms with Crippen molar-refractivity contribution < 1.29 is 4.79 Å². The van der Waals surface area contributed by atoms with E-state index in [1.807, 2.05) is 30.3 Å². The van der Waals surface area contributed by atoms with Crippen LogP contribution in [-0.4, -0.2) is 42.1 Å². The van der Waals surface area contributed by atoms with Crippen LogP contribution >= 0.6 is 0 Å². The molecule has 29 heavy (non-hydrogen) atoms. The number of hydrogen-bond donors (Lipinski definition) is 1. The highest BCUT2D eigenvalue weighted by molar-refractivity contribution is 5.93. The van der Waals surface area contributed by atoms with Gasteiger partial charge in [-0.2, -0.15) is 4.80 Å². The van der Waals surface area contributed by atoms with Gasteiger partial charge in [0.2, 0.25) is 5.82 Å². The van der Waals surface area contributed by atoms with Crippen LogP contribution in [0.15, 0.2) is 42.7 Å². The molecule has 1 amide bonds. The van der Waals surface area contributed by atoms with Crippen LogP contribution in [0, 0.1) is 0 Å². The van der Waals surface area contributed by atoms with Gasteiger partial charge < -0.3 is 5.32 Å². The Morgan fingerprint density at radius 1 is 0.966 bits per heavy atom. The number of hydrogen-bond acceptors (Lipinski definition) is 6. The first-order valence-electron chi connectivity index (χ1n) is 10.2. The lowest BCUT2D eigenvalue weighted by atomic mass is 9.91. The van der Waals surface area contributed by atoms with Gasteiger partial charge in [0.15, 0.2) is 0 Å². The summed E-state index contributed by atoms with van der Waals surface area (Å²) in [5, 5.41) is 16.1. The predicted molar refractivity (Wildman–Crippen MR) is 106 cm³/mol. The summed E-state index contributed by atoms with van der Waals surface area (Å²) < 4.78 is 0. The number of carbonyl (C=O) groups is 1. The zero-order valence-corrected chi connectivity index (χ0v) is 16.1. The van der Waals surface area contributed by atoms with Gasteiger partial charge in [-0.15, -0.1) is 10.2 Å². The van der Waals surface area contributed by atoms with Gasteiger partial charge in [0.1, 0.15) is 5.82 Å². The smallest absolute Gasteiger partial charge is 0.254 e. The molecule has 0 radical (unpaired) electrons. The number of rotatable bonds is 5. The monoisotopic (exact) mass is 389 g/mol. The Kier molecular flexibility index (Phi) is 4.75. The first-order chi connectivity index (χ1) is 14.3. The van der Waals surface area contributed by atoms with Crippen molar-refractivity contribution in [3.8, 4) is 11.4 Å². The van der Waals surface area contributed by atoms with Crippen LogP contribution in [0.1, 0.15) is 66.7 Å². The van der Waals surface area contributed by atoms with Crippen molar-refractivity contribution in [3.05, 3.63) is 54.1 Å². The third-order valence-corrected chi connectivity index (χ3v) is 5.70. The van der Waals surface area contributed by atoms with Gasteiger partial charge in [0.25, 0.3) is 5.91 Å². The normalized spacial score (nSPS) is 21.7. The summed E-state index contributed by atoms with van der Waals surface area (Å²) in [5.74, 6) is 1.91. The average Bonchev–Trinajstić information content (AvgIpc) is 3.51. The van der Waals surface area contributed by atoms with Gasteiger partial charge in [-0.3, -0.25) is 4.79 Å². The van der Waals surface area contributed by atoms with E-state index in [-0.39, 0.29) is 18.0 Å². The molecule has 0 saturated heterocycles. The maximum Gasteiger partial charge on any atom is 0.254 e. The van der Waals surface area contributed by atoms with E-state index in [1.165, 1.54) is 0 Å². The quantitative estimate of drug-likeness (QED) is 0.720. The molecule has 2 aliphatic carbocycles. The van der Waals surface area contributed by atoms with Crippen LogP contribution < -0.4 is 5.32 Å². The van der Waals surface area contributed by atoms with Gasteiger partial charge >= 0.3 is 0 Å². The molecule has 2 fully saturated rings. The molecule has 5 rings (SSSR count). The molecule has 2 aromatic heterocycles. The van der Waals surface area contributed by atoms with Gasteiger partial charge in [0, 0.05) is 29.9 Å². The number of aromatic nitrogens is 6. The van der Waals surface area contributed by atoms with E-state index < -0.39 is 0 Å². The number of nitrogens with one attached hydrogen (secondary N) is 1. The Labute approximate surface area is 168 Å². The second-order valence-corrected chi connectivity index (χ2v) is 7.88. The molecule has 148 valence electrons. The molecule has 0 spiro atoms. The van der Waals surface area contributed by atoms with Gasteiger partial charge in [-0.1, -0.05) is 30.3 Å². The number of nitrogens with zero attached hydrogens (tertiary/aromatic N) is 6. The van der Waals surface area contributed by atoms with Crippen LogP contribution in [0.25, 0.3) is 11.4 Å². The highest BCUT2D eigenvalue weighted by Crippen LogP contribution is 2.37.